The number of hydrogen-bond donors (Lipinski definition) is 0. The second-order valence-electron chi connectivity index (χ2n) is 11.1. The summed E-state index contributed by atoms with van der Waals surface area (Å²) in [6, 6.07) is 46.5. The molecule has 0 saturated carbocycles. The molecule has 0 amide bonds. The van der Waals surface area contributed by atoms with E-state index in [1.165, 1.54) is 52.6 Å². The number of hydrazone groups is 1. The van der Waals surface area contributed by atoms with Crippen LogP contribution in [0.4, 0.5) is 11.4 Å². The van der Waals surface area contributed by atoms with Crippen LogP contribution in [0.25, 0.3) is 22.3 Å². The first-order chi connectivity index (χ1) is 21.7. The average Bonchev–Trinajstić information content (AvgIpc) is 3.63. The molecule has 5 aromatic carbocycles. The molecule has 5 aromatic rings. The van der Waals surface area contributed by atoms with Crippen molar-refractivity contribution in [2.75, 3.05) is 24.0 Å². The Bertz CT molecular complexity index is 1880. The Kier molecular flexibility index (Phi) is 6.73. The zero-order chi connectivity index (χ0) is 29.6. The molecule has 0 radical (unpaired) electrons. The predicted octanol–water partition coefficient (Wildman–Crippen LogP) is 4.73. The third-order valence-electron chi connectivity index (χ3n) is 8.30. The quantitative estimate of drug-likeness (QED) is 0.250. The molecule has 3 heterocycles. The van der Waals surface area contributed by atoms with Crippen molar-refractivity contribution in [3.63, 3.8) is 0 Å². The molecule has 3 aliphatic heterocycles. The van der Waals surface area contributed by atoms with Gasteiger partial charge in [0.1, 0.15) is 0 Å². The zero-order valence-electron chi connectivity index (χ0n) is 24.5. The van der Waals surface area contributed by atoms with E-state index in [-0.39, 0.29) is 6.71 Å². The minimum atomic E-state index is -0.577. The molecule has 0 saturated heterocycles. The summed E-state index contributed by atoms with van der Waals surface area (Å²) in [4.78, 5) is 6.80. The summed E-state index contributed by atoms with van der Waals surface area (Å²) in [6.45, 7) is -0.0312. The standard InChI is InChI=1S/C37H30BN5.Pt/c1-40-22-23-42(27-40)33-18-9-16-31(24-33)38(32-17-10-19-34(25-32)43-28-41(2)26-39-43)37-35(29-12-5-3-6-13-29)20-11-21-36(37)30-14-7-4-8-15-30;/h3-26H,1-2H3;. The maximum atomic E-state index is 4.89. The average molecular weight is 751 g/mol. The van der Waals surface area contributed by atoms with E-state index in [2.05, 4.69) is 174 Å². The molecular formula is C37H30BN5Pt. The molecule has 0 unspecified atom stereocenters. The van der Waals surface area contributed by atoms with Crippen molar-refractivity contribution in [2.24, 2.45) is 5.10 Å². The van der Waals surface area contributed by atoms with Crippen molar-refractivity contribution in [3.8, 4) is 22.3 Å². The Hall–Kier alpha value is -4.80. The van der Waals surface area contributed by atoms with Crippen LogP contribution in [0.5, 0.6) is 0 Å². The Balaban J connectivity index is 1.46. The van der Waals surface area contributed by atoms with Gasteiger partial charge in [0.05, 0.1) is 0 Å². The Labute approximate surface area is 266 Å². The van der Waals surface area contributed by atoms with Gasteiger partial charge in [0.25, 0.3) is 0 Å². The number of benzene rings is 5. The van der Waals surface area contributed by atoms with E-state index in [1.807, 2.05) is 6.34 Å². The first-order valence-electron chi connectivity index (χ1n) is 14.7. The SMILES string of the molecule is CN1C=CN2[C]1=[Pt]=[C]1N(C)C=NN1c1cccc(c1)B(c1c(-c3ccccc3)cccc1-c1ccccc1)c1cccc2c1. The van der Waals surface area contributed by atoms with E-state index in [0.717, 1.165) is 5.69 Å². The maximum absolute atomic E-state index is 4.89. The summed E-state index contributed by atoms with van der Waals surface area (Å²) in [5.74, 6) is 0. The molecule has 0 aliphatic carbocycles. The van der Waals surface area contributed by atoms with E-state index in [0.29, 0.717) is 0 Å². The molecule has 7 heteroatoms. The summed E-state index contributed by atoms with van der Waals surface area (Å²) in [5, 5.41) is 7.03. The van der Waals surface area contributed by atoms with E-state index >= 15 is 0 Å². The topological polar surface area (TPSA) is 25.3 Å². The fourth-order valence-electron chi connectivity index (χ4n) is 6.24. The number of hydrogen-bond acceptors (Lipinski definition) is 5. The molecule has 4 bridgehead atoms. The van der Waals surface area contributed by atoms with E-state index in [9.17, 15) is 0 Å². The van der Waals surface area contributed by atoms with Gasteiger partial charge in [-0.2, -0.15) is 0 Å². The van der Waals surface area contributed by atoms with E-state index < -0.39 is 17.6 Å². The number of rotatable bonds is 3. The van der Waals surface area contributed by atoms with Gasteiger partial charge in [-0.1, -0.05) is 0 Å². The van der Waals surface area contributed by atoms with Crippen LogP contribution in [-0.4, -0.2) is 45.2 Å². The second kappa shape index (κ2) is 11.0. The van der Waals surface area contributed by atoms with Gasteiger partial charge in [-0.15, -0.1) is 0 Å². The Morgan fingerprint density at radius 2 is 1.16 bits per heavy atom. The van der Waals surface area contributed by atoms with Gasteiger partial charge in [-0.3, -0.25) is 0 Å². The van der Waals surface area contributed by atoms with Gasteiger partial charge < -0.3 is 0 Å². The van der Waals surface area contributed by atoms with Crippen molar-refractivity contribution in [3.05, 3.63) is 140 Å². The first-order valence-corrected chi connectivity index (χ1v) is 17.0. The van der Waals surface area contributed by atoms with E-state index in [1.54, 1.807) is 0 Å². The molecule has 0 aromatic heterocycles. The van der Waals surface area contributed by atoms with Crippen molar-refractivity contribution < 1.29 is 17.6 Å². The number of anilines is 2. The summed E-state index contributed by atoms with van der Waals surface area (Å²) < 4.78 is 2.52. The van der Waals surface area contributed by atoms with Crippen molar-refractivity contribution in [1.29, 1.82) is 0 Å². The molecule has 0 fully saturated rings. The van der Waals surface area contributed by atoms with Crippen LogP contribution in [0.3, 0.4) is 0 Å². The molecule has 44 heavy (non-hydrogen) atoms. The van der Waals surface area contributed by atoms with Crippen LogP contribution in [0, 0.1) is 0 Å². The molecule has 0 atom stereocenters. The van der Waals surface area contributed by atoms with Gasteiger partial charge in [-0.05, 0) is 0 Å². The Morgan fingerprint density at radius 1 is 0.568 bits per heavy atom. The van der Waals surface area contributed by atoms with Crippen LogP contribution in [0.15, 0.2) is 145 Å². The number of fused-ring (bicyclic) bond motifs is 8. The third-order valence-corrected chi connectivity index (χ3v) is 11.9. The van der Waals surface area contributed by atoms with Crippen LogP contribution in [0.1, 0.15) is 0 Å². The Morgan fingerprint density at radius 3 is 1.82 bits per heavy atom. The first kappa shape index (κ1) is 26.8. The second-order valence-corrected chi connectivity index (χ2v) is 13.7. The zero-order valence-corrected chi connectivity index (χ0v) is 26.8. The summed E-state index contributed by atoms with van der Waals surface area (Å²) in [7, 11) is 4.25. The molecule has 8 rings (SSSR count). The van der Waals surface area contributed by atoms with Crippen molar-refractivity contribution in [1.82, 2.24) is 9.80 Å². The van der Waals surface area contributed by atoms with Crippen LogP contribution < -0.4 is 26.3 Å². The van der Waals surface area contributed by atoms with Gasteiger partial charge in [-0.25, -0.2) is 0 Å². The van der Waals surface area contributed by atoms with Gasteiger partial charge in [0.2, 0.25) is 0 Å². The fourth-order valence-corrected chi connectivity index (χ4v) is 9.20. The predicted molar refractivity (Wildman–Crippen MR) is 183 cm³/mol. The molecule has 3 aliphatic rings. The van der Waals surface area contributed by atoms with Crippen LogP contribution in [0.2, 0.25) is 0 Å². The minimum absolute atomic E-state index is 0.0312. The monoisotopic (exact) mass is 750 g/mol. The molecule has 216 valence electrons. The molecule has 0 spiro atoms. The summed E-state index contributed by atoms with van der Waals surface area (Å²) in [6.07, 6.45) is 6.30. The summed E-state index contributed by atoms with van der Waals surface area (Å²) >= 11 is -0.577. The van der Waals surface area contributed by atoms with Gasteiger partial charge in [0, 0.05) is 0 Å². The van der Waals surface area contributed by atoms with E-state index in [4.69, 9.17) is 5.10 Å². The van der Waals surface area contributed by atoms with Crippen LogP contribution in [-0.2, 0) is 17.6 Å². The van der Waals surface area contributed by atoms with Gasteiger partial charge in [0.15, 0.2) is 0 Å². The fraction of sp³-hybridized carbons (Fsp3) is 0.0541. The third kappa shape index (κ3) is 4.58. The summed E-state index contributed by atoms with van der Waals surface area (Å²) in [5.41, 5.74) is 11.0. The van der Waals surface area contributed by atoms with Crippen molar-refractivity contribution in [2.45, 2.75) is 0 Å². The normalized spacial score (nSPS) is 15.5. The molecule has 0 N–H and O–H groups in total. The molecule has 5 nitrogen and oxygen atoms in total. The van der Waals surface area contributed by atoms with Crippen molar-refractivity contribution >= 4 is 49.1 Å². The van der Waals surface area contributed by atoms with Gasteiger partial charge >= 0.3 is 268 Å². The van der Waals surface area contributed by atoms with Crippen LogP contribution >= 0.6 is 0 Å². The number of nitrogens with zero attached hydrogens (tertiary/aromatic N) is 5. The molecular weight excluding hydrogens is 720 g/mol.